The Morgan fingerprint density at radius 1 is 1.25 bits per heavy atom. The predicted molar refractivity (Wildman–Crippen MR) is 78.5 cm³/mol. The van der Waals surface area contributed by atoms with Crippen LogP contribution < -0.4 is 4.90 Å². The number of aromatic nitrogens is 1. The lowest BCUT2D eigenvalue weighted by molar-refractivity contribution is 0.0696. The SMILES string of the molecule is O=C(O)c1ccc(Cl)nc1N1CCC[C@H]2CCCC[C@H]21. The molecule has 1 saturated heterocycles. The molecule has 0 unspecified atom stereocenters. The molecule has 1 N–H and O–H groups in total. The molecule has 0 aromatic carbocycles. The van der Waals surface area contributed by atoms with Crippen molar-refractivity contribution >= 4 is 23.4 Å². The second kappa shape index (κ2) is 5.60. The molecule has 1 aliphatic heterocycles. The van der Waals surface area contributed by atoms with Crippen molar-refractivity contribution in [3.63, 3.8) is 0 Å². The van der Waals surface area contributed by atoms with Crippen LogP contribution in [0.25, 0.3) is 0 Å². The first-order chi connectivity index (χ1) is 9.66. The summed E-state index contributed by atoms with van der Waals surface area (Å²) in [7, 11) is 0. The summed E-state index contributed by atoms with van der Waals surface area (Å²) < 4.78 is 0. The van der Waals surface area contributed by atoms with Crippen molar-refractivity contribution in [1.29, 1.82) is 0 Å². The van der Waals surface area contributed by atoms with E-state index in [2.05, 4.69) is 9.88 Å². The summed E-state index contributed by atoms with van der Waals surface area (Å²) in [6, 6.07) is 3.55. The second-order valence-electron chi connectivity index (χ2n) is 5.76. The van der Waals surface area contributed by atoms with E-state index in [9.17, 15) is 9.90 Å². The summed E-state index contributed by atoms with van der Waals surface area (Å²) in [5.41, 5.74) is 0.264. The lowest BCUT2D eigenvalue weighted by Crippen LogP contribution is -2.47. The zero-order chi connectivity index (χ0) is 14.1. The maximum Gasteiger partial charge on any atom is 0.339 e. The van der Waals surface area contributed by atoms with Gasteiger partial charge in [0.1, 0.15) is 16.5 Å². The third kappa shape index (κ3) is 2.49. The Bertz CT molecular complexity index is 519. The maximum absolute atomic E-state index is 11.4. The van der Waals surface area contributed by atoms with Crippen molar-refractivity contribution in [2.24, 2.45) is 5.92 Å². The molecule has 108 valence electrons. The third-order valence-corrected chi connectivity index (χ3v) is 4.80. The predicted octanol–water partition coefficient (Wildman–Crippen LogP) is 3.59. The fourth-order valence-corrected chi connectivity index (χ4v) is 3.84. The van der Waals surface area contributed by atoms with E-state index in [0.717, 1.165) is 19.4 Å². The van der Waals surface area contributed by atoms with Crippen LogP contribution in [0, 0.1) is 5.92 Å². The lowest BCUT2D eigenvalue weighted by atomic mass is 9.78. The fraction of sp³-hybridized carbons (Fsp3) is 0.600. The van der Waals surface area contributed by atoms with E-state index in [4.69, 9.17) is 11.6 Å². The van der Waals surface area contributed by atoms with Crippen LogP contribution >= 0.6 is 11.6 Å². The third-order valence-electron chi connectivity index (χ3n) is 4.59. The number of fused-ring (bicyclic) bond motifs is 1. The van der Waals surface area contributed by atoms with E-state index in [1.165, 1.54) is 25.7 Å². The highest BCUT2D eigenvalue weighted by molar-refractivity contribution is 6.29. The van der Waals surface area contributed by atoms with Crippen molar-refractivity contribution in [2.45, 2.75) is 44.6 Å². The number of pyridine rings is 1. The van der Waals surface area contributed by atoms with Gasteiger partial charge >= 0.3 is 5.97 Å². The Balaban J connectivity index is 1.98. The van der Waals surface area contributed by atoms with E-state index in [0.29, 0.717) is 22.9 Å². The molecule has 3 rings (SSSR count). The summed E-state index contributed by atoms with van der Waals surface area (Å²) in [6.45, 7) is 0.884. The molecule has 1 saturated carbocycles. The Morgan fingerprint density at radius 3 is 2.80 bits per heavy atom. The molecule has 0 bridgehead atoms. The quantitative estimate of drug-likeness (QED) is 0.847. The normalized spacial score (nSPS) is 26.1. The first-order valence-electron chi connectivity index (χ1n) is 7.33. The number of nitrogens with zero attached hydrogens (tertiary/aromatic N) is 2. The first kappa shape index (κ1) is 13.7. The topological polar surface area (TPSA) is 53.4 Å². The zero-order valence-electron chi connectivity index (χ0n) is 11.4. The van der Waals surface area contributed by atoms with Crippen LogP contribution in [-0.4, -0.2) is 28.6 Å². The number of carbonyl (C=O) groups is 1. The van der Waals surface area contributed by atoms with Gasteiger partial charge in [0.15, 0.2) is 0 Å². The molecule has 1 aromatic rings. The number of halogens is 1. The van der Waals surface area contributed by atoms with Crippen LogP contribution in [0.4, 0.5) is 5.82 Å². The minimum absolute atomic E-state index is 0.264. The molecule has 2 aliphatic rings. The van der Waals surface area contributed by atoms with E-state index < -0.39 is 5.97 Å². The Labute approximate surface area is 123 Å². The van der Waals surface area contributed by atoms with Gasteiger partial charge in [-0.3, -0.25) is 0 Å². The molecule has 20 heavy (non-hydrogen) atoms. The summed E-state index contributed by atoms with van der Waals surface area (Å²) in [6.07, 6.45) is 7.27. The van der Waals surface area contributed by atoms with E-state index >= 15 is 0 Å². The van der Waals surface area contributed by atoms with Gasteiger partial charge in [0.2, 0.25) is 0 Å². The monoisotopic (exact) mass is 294 g/mol. The van der Waals surface area contributed by atoms with Crippen molar-refractivity contribution < 1.29 is 9.90 Å². The van der Waals surface area contributed by atoms with Crippen LogP contribution in [0.15, 0.2) is 12.1 Å². The molecule has 2 atom stereocenters. The smallest absolute Gasteiger partial charge is 0.339 e. The van der Waals surface area contributed by atoms with Crippen molar-refractivity contribution in [3.8, 4) is 0 Å². The van der Waals surface area contributed by atoms with E-state index in [1.54, 1.807) is 12.1 Å². The van der Waals surface area contributed by atoms with Gasteiger partial charge in [0, 0.05) is 12.6 Å². The van der Waals surface area contributed by atoms with Gasteiger partial charge in [-0.2, -0.15) is 0 Å². The van der Waals surface area contributed by atoms with Crippen LogP contribution in [0.2, 0.25) is 5.15 Å². The highest BCUT2D eigenvalue weighted by atomic mass is 35.5. The summed E-state index contributed by atoms with van der Waals surface area (Å²) >= 11 is 5.99. The molecule has 0 radical (unpaired) electrons. The maximum atomic E-state index is 11.4. The Morgan fingerprint density at radius 2 is 2.00 bits per heavy atom. The molecule has 1 aromatic heterocycles. The number of piperidine rings is 1. The average Bonchev–Trinajstić information content (AvgIpc) is 2.46. The standard InChI is InChI=1S/C15H19ClN2O2/c16-13-8-7-11(15(19)20)14(17-13)18-9-3-5-10-4-1-2-6-12(10)18/h7-8,10,12H,1-6,9H2,(H,19,20)/t10-,12-/m1/s1. The largest absolute Gasteiger partial charge is 0.478 e. The molecule has 2 fully saturated rings. The van der Waals surface area contributed by atoms with Crippen molar-refractivity contribution in [3.05, 3.63) is 22.8 Å². The number of hydrogen-bond donors (Lipinski definition) is 1. The van der Waals surface area contributed by atoms with Gasteiger partial charge in [-0.05, 0) is 43.7 Å². The van der Waals surface area contributed by atoms with Gasteiger partial charge in [-0.25, -0.2) is 9.78 Å². The van der Waals surface area contributed by atoms with E-state index in [-0.39, 0.29) is 5.56 Å². The summed E-state index contributed by atoms with van der Waals surface area (Å²) in [5, 5.41) is 9.74. The van der Waals surface area contributed by atoms with Crippen LogP contribution in [0.1, 0.15) is 48.9 Å². The second-order valence-corrected chi connectivity index (χ2v) is 6.15. The lowest BCUT2D eigenvalue weighted by Gasteiger charge is -2.45. The van der Waals surface area contributed by atoms with Crippen molar-refractivity contribution in [1.82, 2.24) is 4.98 Å². The zero-order valence-corrected chi connectivity index (χ0v) is 12.1. The molecule has 0 amide bonds. The van der Waals surface area contributed by atoms with Crippen LogP contribution in [0.5, 0.6) is 0 Å². The summed E-state index contributed by atoms with van der Waals surface area (Å²) in [4.78, 5) is 17.9. The molecular weight excluding hydrogens is 276 g/mol. The number of anilines is 1. The van der Waals surface area contributed by atoms with Gasteiger partial charge in [-0.15, -0.1) is 0 Å². The van der Waals surface area contributed by atoms with Crippen LogP contribution in [0.3, 0.4) is 0 Å². The molecule has 4 nitrogen and oxygen atoms in total. The Hall–Kier alpha value is -1.29. The van der Waals surface area contributed by atoms with Crippen molar-refractivity contribution in [2.75, 3.05) is 11.4 Å². The molecular formula is C15H19ClN2O2. The summed E-state index contributed by atoms with van der Waals surface area (Å²) in [5.74, 6) is 0.309. The molecule has 0 spiro atoms. The number of aromatic carboxylic acids is 1. The van der Waals surface area contributed by atoms with Gasteiger partial charge in [-0.1, -0.05) is 24.4 Å². The minimum Gasteiger partial charge on any atom is -0.478 e. The molecule has 5 heteroatoms. The van der Waals surface area contributed by atoms with Gasteiger partial charge in [0.05, 0.1) is 0 Å². The number of hydrogen-bond acceptors (Lipinski definition) is 3. The van der Waals surface area contributed by atoms with Crippen LogP contribution in [-0.2, 0) is 0 Å². The molecule has 2 heterocycles. The number of carboxylic acid groups (broad SMARTS) is 1. The van der Waals surface area contributed by atoms with Gasteiger partial charge < -0.3 is 10.0 Å². The highest BCUT2D eigenvalue weighted by Crippen LogP contribution is 2.38. The minimum atomic E-state index is -0.929. The highest BCUT2D eigenvalue weighted by Gasteiger charge is 2.35. The van der Waals surface area contributed by atoms with E-state index in [1.807, 2.05) is 0 Å². The number of carboxylic acids is 1. The number of rotatable bonds is 2. The Kier molecular flexibility index (Phi) is 3.83. The van der Waals surface area contributed by atoms with Gasteiger partial charge in [0.25, 0.3) is 0 Å². The average molecular weight is 295 g/mol. The fourth-order valence-electron chi connectivity index (χ4n) is 3.70. The first-order valence-corrected chi connectivity index (χ1v) is 7.71. The molecule has 1 aliphatic carbocycles.